The fourth-order valence-electron chi connectivity index (χ4n) is 3.66. The number of hydrogen-bond acceptors (Lipinski definition) is 3. The third-order valence-electron chi connectivity index (χ3n) is 4.98. The highest BCUT2D eigenvalue weighted by Crippen LogP contribution is 2.32. The van der Waals surface area contributed by atoms with Gasteiger partial charge in [0, 0.05) is 43.2 Å². The van der Waals surface area contributed by atoms with Crippen LogP contribution in [-0.4, -0.2) is 40.2 Å². The van der Waals surface area contributed by atoms with Gasteiger partial charge >= 0.3 is 5.97 Å². The van der Waals surface area contributed by atoms with Gasteiger partial charge in [0.25, 0.3) is 0 Å². The molecule has 0 saturated carbocycles. The van der Waals surface area contributed by atoms with Gasteiger partial charge in [0.1, 0.15) is 6.04 Å². The highest BCUT2D eigenvalue weighted by atomic mass is 16.4. The minimum atomic E-state index is -0.788. The number of aromatic nitrogens is 1. The number of hydrogen-bond donors (Lipinski definition) is 2. The molecule has 0 bridgehead atoms. The van der Waals surface area contributed by atoms with Crippen LogP contribution in [0.4, 0.5) is 0 Å². The standard InChI is InChI=1S/C18H25N3O2/c1-5-19-16(18(22)23)8-14-11(2)21(4)17-7-13-10-20(3)9-12(13)6-15(14)17/h6-7,16,19H,5,8-10H2,1-4H3,(H,22,23). The number of benzene rings is 1. The molecule has 1 aliphatic rings. The molecule has 2 aromatic rings. The molecule has 0 aliphatic carbocycles. The number of carbonyl (C=O) groups is 1. The van der Waals surface area contributed by atoms with Crippen molar-refractivity contribution in [1.82, 2.24) is 14.8 Å². The summed E-state index contributed by atoms with van der Waals surface area (Å²) in [4.78, 5) is 13.8. The summed E-state index contributed by atoms with van der Waals surface area (Å²) < 4.78 is 2.19. The Morgan fingerprint density at radius 1 is 1.30 bits per heavy atom. The van der Waals surface area contributed by atoms with Crippen molar-refractivity contribution in [3.8, 4) is 0 Å². The smallest absolute Gasteiger partial charge is 0.321 e. The zero-order valence-corrected chi connectivity index (χ0v) is 14.3. The lowest BCUT2D eigenvalue weighted by atomic mass is 9.99. The van der Waals surface area contributed by atoms with Gasteiger partial charge in [0.15, 0.2) is 0 Å². The molecule has 1 aromatic carbocycles. The SMILES string of the molecule is CCNC(Cc1c(C)n(C)c2cc3c(cc12)CN(C)C3)C(=O)O. The fourth-order valence-corrected chi connectivity index (χ4v) is 3.66. The Hall–Kier alpha value is -1.85. The fraction of sp³-hybridized carbons (Fsp3) is 0.500. The summed E-state index contributed by atoms with van der Waals surface area (Å²) in [7, 11) is 4.19. The average molecular weight is 315 g/mol. The lowest BCUT2D eigenvalue weighted by Crippen LogP contribution is -2.38. The van der Waals surface area contributed by atoms with Gasteiger partial charge < -0.3 is 15.0 Å². The first-order valence-corrected chi connectivity index (χ1v) is 8.16. The van der Waals surface area contributed by atoms with E-state index in [9.17, 15) is 9.90 Å². The molecule has 3 rings (SSSR count). The molecule has 23 heavy (non-hydrogen) atoms. The van der Waals surface area contributed by atoms with Crippen LogP contribution in [0.3, 0.4) is 0 Å². The Labute approximate surface area is 136 Å². The van der Waals surface area contributed by atoms with Crippen molar-refractivity contribution in [2.24, 2.45) is 7.05 Å². The molecule has 2 N–H and O–H groups in total. The Morgan fingerprint density at radius 2 is 1.96 bits per heavy atom. The number of rotatable bonds is 5. The van der Waals surface area contributed by atoms with E-state index in [4.69, 9.17) is 0 Å². The van der Waals surface area contributed by atoms with E-state index in [0.717, 1.165) is 24.3 Å². The van der Waals surface area contributed by atoms with Crippen LogP contribution in [0.5, 0.6) is 0 Å². The van der Waals surface area contributed by atoms with Gasteiger partial charge in [-0.3, -0.25) is 9.69 Å². The summed E-state index contributed by atoms with van der Waals surface area (Å²) >= 11 is 0. The van der Waals surface area contributed by atoms with Gasteiger partial charge in [-0.05, 0) is 49.3 Å². The van der Waals surface area contributed by atoms with Crippen molar-refractivity contribution in [2.75, 3.05) is 13.6 Å². The monoisotopic (exact) mass is 315 g/mol. The van der Waals surface area contributed by atoms with E-state index >= 15 is 0 Å². The zero-order chi connectivity index (χ0) is 16.7. The molecular formula is C18H25N3O2. The lowest BCUT2D eigenvalue weighted by Gasteiger charge is -2.13. The molecule has 1 unspecified atom stereocenters. The van der Waals surface area contributed by atoms with E-state index in [1.54, 1.807) is 0 Å². The quantitative estimate of drug-likeness (QED) is 0.886. The second kappa shape index (κ2) is 5.98. The Kier molecular flexibility index (Phi) is 4.17. The van der Waals surface area contributed by atoms with Crippen LogP contribution < -0.4 is 5.32 Å². The maximum Gasteiger partial charge on any atom is 0.321 e. The van der Waals surface area contributed by atoms with E-state index in [1.807, 2.05) is 6.92 Å². The van der Waals surface area contributed by atoms with Gasteiger partial charge in [-0.1, -0.05) is 6.92 Å². The predicted octanol–water partition coefficient (Wildman–Crippen LogP) is 2.04. The topological polar surface area (TPSA) is 57.5 Å². The third-order valence-corrected chi connectivity index (χ3v) is 4.98. The van der Waals surface area contributed by atoms with Crippen molar-refractivity contribution in [2.45, 2.75) is 39.4 Å². The van der Waals surface area contributed by atoms with Crippen LogP contribution >= 0.6 is 0 Å². The molecule has 0 amide bonds. The van der Waals surface area contributed by atoms with Crippen LogP contribution in [0.15, 0.2) is 12.1 Å². The summed E-state index contributed by atoms with van der Waals surface area (Å²) in [5, 5.41) is 13.7. The second-order valence-electron chi connectivity index (χ2n) is 6.59. The summed E-state index contributed by atoms with van der Waals surface area (Å²) in [5.41, 5.74) is 6.25. The van der Waals surface area contributed by atoms with E-state index in [2.05, 4.69) is 47.9 Å². The largest absolute Gasteiger partial charge is 0.480 e. The number of fused-ring (bicyclic) bond motifs is 2. The maximum absolute atomic E-state index is 11.5. The highest BCUT2D eigenvalue weighted by Gasteiger charge is 2.24. The second-order valence-corrected chi connectivity index (χ2v) is 6.59. The summed E-state index contributed by atoms with van der Waals surface area (Å²) in [6, 6.07) is 4.00. The molecule has 5 nitrogen and oxygen atoms in total. The summed E-state index contributed by atoms with van der Waals surface area (Å²) in [6.45, 7) is 6.63. The van der Waals surface area contributed by atoms with Crippen LogP contribution in [0, 0.1) is 6.92 Å². The first kappa shape index (κ1) is 16.0. The molecule has 2 heterocycles. The predicted molar refractivity (Wildman–Crippen MR) is 91.6 cm³/mol. The first-order valence-electron chi connectivity index (χ1n) is 8.16. The van der Waals surface area contributed by atoms with E-state index in [0.29, 0.717) is 13.0 Å². The van der Waals surface area contributed by atoms with E-state index in [1.165, 1.54) is 22.0 Å². The Bertz CT molecular complexity index is 763. The molecule has 1 aliphatic heterocycles. The van der Waals surface area contributed by atoms with Crippen LogP contribution in [0.1, 0.15) is 29.3 Å². The molecule has 5 heteroatoms. The summed E-state index contributed by atoms with van der Waals surface area (Å²) in [5.74, 6) is -0.788. The molecule has 0 saturated heterocycles. The number of nitrogens with one attached hydrogen (secondary N) is 1. The van der Waals surface area contributed by atoms with Crippen LogP contribution in [-0.2, 0) is 31.4 Å². The number of aryl methyl sites for hydroxylation is 1. The lowest BCUT2D eigenvalue weighted by molar-refractivity contribution is -0.139. The highest BCUT2D eigenvalue weighted by molar-refractivity contribution is 5.88. The van der Waals surface area contributed by atoms with Gasteiger partial charge in [-0.2, -0.15) is 0 Å². The van der Waals surface area contributed by atoms with Crippen molar-refractivity contribution in [3.05, 3.63) is 34.5 Å². The Balaban J connectivity index is 2.08. The molecule has 1 atom stereocenters. The number of aliphatic carboxylic acids is 1. The minimum Gasteiger partial charge on any atom is -0.480 e. The third kappa shape index (κ3) is 2.75. The zero-order valence-electron chi connectivity index (χ0n) is 14.3. The number of carboxylic acid groups (broad SMARTS) is 1. The molecule has 0 spiro atoms. The average Bonchev–Trinajstić information content (AvgIpc) is 2.96. The normalized spacial score (nSPS) is 16.0. The van der Waals surface area contributed by atoms with Crippen molar-refractivity contribution in [1.29, 1.82) is 0 Å². The molecule has 0 radical (unpaired) electrons. The van der Waals surface area contributed by atoms with Gasteiger partial charge in [0.2, 0.25) is 0 Å². The number of nitrogens with zero attached hydrogens (tertiary/aromatic N) is 2. The molecule has 1 aromatic heterocycles. The van der Waals surface area contributed by atoms with Crippen LogP contribution in [0.2, 0.25) is 0 Å². The summed E-state index contributed by atoms with van der Waals surface area (Å²) in [6.07, 6.45) is 0.515. The molecule has 124 valence electrons. The minimum absolute atomic E-state index is 0.515. The number of carboxylic acids is 1. The van der Waals surface area contributed by atoms with Gasteiger partial charge in [0.05, 0.1) is 0 Å². The first-order chi connectivity index (χ1) is 10.9. The number of likely N-dealkylation sites (N-methyl/N-ethyl adjacent to an activating group) is 1. The molecule has 0 fully saturated rings. The Morgan fingerprint density at radius 3 is 2.57 bits per heavy atom. The molecular weight excluding hydrogens is 290 g/mol. The van der Waals surface area contributed by atoms with Crippen molar-refractivity contribution in [3.63, 3.8) is 0 Å². The van der Waals surface area contributed by atoms with Crippen molar-refractivity contribution >= 4 is 16.9 Å². The van der Waals surface area contributed by atoms with E-state index < -0.39 is 12.0 Å². The van der Waals surface area contributed by atoms with Gasteiger partial charge in [-0.25, -0.2) is 0 Å². The van der Waals surface area contributed by atoms with E-state index in [-0.39, 0.29) is 0 Å². The van der Waals surface area contributed by atoms with Gasteiger partial charge in [-0.15, -0.1) is 0 Å². The van der Waals surface area contributed by atoms with Crippen LogP contribution in [0.25, 0.3) is 10.9 Å². The van der Waals surface area contributed by atoms with Crippen molar-refractivity contribution < 1.29 is 9.90 Å². The maximum atomic E-state index is 11.5.